The van der Waals surface area contributed by atoms with Crippen LogP contribution in [0.3, 0.4) is 0 Å². The first kappa shape index (κ1) is 20.1. The fraction of sp³-hybridized carbons (Fsp3) is 0.533. The Morgan fingerprint density at radius 3 is 2.81 bits per heavy atom. The highest BCUT2D eigenvalue weighted by Crippen LogP contribution is 2.27. The lowest BCUT2D eigenvalue weighted by molar-refractivity contribution is -0.384. The fourth-order valence-electron chi connectivity index (χ4n) is 2.82. The summed E-state index contributed by atoms with van der Waals surface area (Å²) in [6.07, 6.45) is 2.04. The molecular formula is C15H23N5O5S. The van der Waals surface area contributed by atoms with Crippen molar-refractivity contribution in [2.24, 2.45) is 5.14 Å². The van der Waals surface area contributed by atoms with Gasteiger partial charge >= 0.3 is 0 Å². The van der Waals surface area contributed by atoms with Crippen molar-refractivity contribution < 1.29 is 18.1 Å². The van der Waals surface area contributed by atoms with Crippen molar-refractivity contribution in [3.63, 3.8) is 0 Å². The van der Waals surface area contributed by atoms with Gasteiger partial charge in [-0.2, -0.15) is 0 Å². The van der Waals surface area contributed by atoms with E-state index in [4.69, 9.17) is 5.14 Å². The maximum atomic E-state index is 12.0. The largest absolute Gasteiger partial charge is 0.379 e. The Morgan fingerprint density at radius 1 is 1.46 bits per heavy atom. The molecule has 2 atom stereocenters. The number of piperidine rings is 1. The van der Waals surface area contributed by atoms with E-state index in [1.165, 1.54) is 12.1 Å². The Bertz CT molecular complexity index is 783. The number of nitro benzene ring substituents is 1. The first-order valence-corrected chi connectivity index (χ1v) is 9.81. The van der Waals surface area contributed by atoms with Gasteiger partial charge in [0.2, 0.25) is 15.9 Å². The van der Waals surface area contributed by atoms with Crippen molar-refractivity contribution in [1.29, 1.82) is 0 Å². The number of carbonyl (C=O) groups excluding carboxylic acids is 1. The number of carbonyl (C=O) groups is 1. The van der Waals surface area contributed by atoms with Gasteiger partial charge in [-0.3, -0.25) is 14.9 Å². The van der Waals surface area contributed by atoms with E-state index < -0.39 is 20.6 Å². The van der Waals surface area contributed by atoms with Gasteiger partial charge in [0.15, 0.2) is 0 Å². The Kier molecular flexibility index (Phi) is 6.51. The van der Waals surface area contributed by atoms with Crippen LogP contribution in [0.5, 0.6) is 0 Å². The van der Waals surface area contributed by atoms with Crippen molar-refractivity contribution in [3.05, 3.63) is 28.3 Å². The number of primary sulfonamides is 1. The van der Waals surface area contributed by atoms with E-state index in [0.717, 1.165) is 25.5 Å². The van der Waals surface area contributed by atoms with Crippen molar-refractivity contribution in [1.82, 2.24) is 10.6 Å². The van der Waals surface area contributed by atoms with Crippen LogP contribution in [0.1, 0.15) is 26.2 Å². The summed E-state index contributed by atoms with van der Waals surface area (Å²) in [5.41, 5.74) is -0.287. The normalized spacial score (nSPS) is 20.4. The van der Waals surface area contributed by atoms with Crippen molar-refractivity contribution in [2.45, 2.75) is 43.2 Å². The van der Waals surface area contributed by atoms with Crippen LogP contribution in [0.15, 0.2) is 23.1 Å². The van der Waals surface area contributed by atoms with E-state index in [1.54, 1.807) is 0 Å². The van der Waals surface area contributed by atoms with Crippen molar-refractivity contribution in [2.75, 3.05) is 18.4 Å². The quantitative estimate of drug-likeness (QED) is 0.388. The number of hydrogen-bond acceptors (Lipinski definition) is 7. The summed E-state index contributed by atoms with van der Waals surface area (Å²) in [5.74, 6) is -0.151. The standard InChI is InChI=1S/C15H23N5O5S/c1-10-12(3-2-7-17-10)19-15(21)6-8-18-13-5-4-11(26(16,24)25)9-14(13)20(22)23/h4-5,9-10,12,17-18H,2-3,6-8H2,1H3,(H,19,21)(H2,16,24,25). The Labute approximate surface area is 151 Å². The SMILES string of the molecule is CC1NCCCC1NC(=O)CCNc1ccc(S(N)(=O)=O)cc1[N+](=O)[O-]. The average molecular weight is 385 g/mol. The van der Waals surface area contributed by atoms with E-state index in [1.807, 2.05) is 6.92 Å². The van der Waals surface area contributed by atoms with Gasteiger partial charge in [-0.05, 0) is 38.4 Å². The zero-order valence-corrected chi connectivity index (χ0v) is 15.2. The molecule has 5 N–H and O–H groups in total. The molecule has 1 aromatic carbocycles. The molecule has 1 aliphatic heterocycles. The van der Waals surface area contributed by atoms with Crippen LogP contribution in [0, 0.1) is 10.1 Å². The summed E-state index contributed by atoms with van der Waals surface area (Å²) < 4.78 is 22.6. The molecule has 0 aliphatic carbocycles. The minimum absolute atomic E-state index is 0.0691. The molecule has 1 amide bonds. The molecule has 0 radical (unpaired) electrons. The summed E-state index contributed by atoms with van der Waals surface area (Å²) >= 11 is 0. The van der Waals surface area contributed by atoms with E-state index in [0.29, 0.717) is 0 Å². The summed E-state index contributed by atoms with van der Waals surface area (Å²) in [7, 11) is -4.03. The minimum atomic E-state index is -4.03. The maximum absolute atomic E-state index is 12.0. The Hall–Kier alpha value is -2.24. The highest BCUT2D eigenvalue weighted by Gasteiger charge is 2.22. The third-order valence-corrected chi connectivity index (χ3v) is 5.18. The van der Waals surface area contributed by atoms with Crippen LogP contribution in [-0.2, 0) is 14.8 Å². The molecule has 0 spiro atoms. The van der Waals surface area contributed by atoms with Crippen LogP contribution < -0.4 is 21.1 Å². The predicted octanol–water partition coefficient (Wildman–Crippen LogP) is 0.301. The number of hydrogen-bond donors (Lipinski definition) is 4. The molecule has 0 bridgehead atoms. The summed E-state index contributed by atoms with van der Waals surface area (Å²) in [6, 6.07) is 3.61. The number of sulfonamides is 1. The lowest BCUT2D eigenvalue weighted by atomic mass is 10.00. The van der Waals surface area contributed by atoms with Gasteiger partial charge in [0.25, 0.3) is 5.69 Å². The predicted molar refractivity (Wildman–Crippen MR) is 96.2 cm³/mol. The number of rotatable bonds is 7. The van der Waals surface area contributed by atoms with Gasteiger partial charge in [-0.1, -0.05) is 0 Å². The van der Waals surface area contributed by atoms with Crippen LogP contribution in [0.4, 0.5) is 11.4 Å². The first-order valence-electron chi connectivity index (χ1n) is 8.26. The van der Waals surface area contributed by atoms with E-state index >= 15 is 0 Å². The van der Waals surface area contributed by atoms with Crippen LogP contribution in [0.25, 0.3) is 0 Å². The van der Waals surface area contributed by atoms with E-state index in [-0.39, 0.29) is 41.5 Å². The third kappa shape index (κ3) is 5.38. The van der Waals surface area contributed by atoms with Gasteiger partial charge in [-0.15, -0.1) is 0 Å². The van der Waals surface area contributed by atoms with Crippen LogP contribution in [0.2, 0.25) is 0 Å². The molecule has 1 aliphatic rings. The lowest BCUT2D eigenvalue weighted by Crippen LogP contribution is -2.52. The molecule has 11 heteroatoms. The minimum Gasteiger partial charge on any atom is -0.379 e. The molecule has 0 aromatic heterocycles. The average Bonchev–Trinajstić information content (AvgIpc) is 2.56. The molecule has 1 fully saturated rings. The smallest absolute Gasteiger partial charge is 0.293 e. The second-order valence-electron chi connectivity index (χ2n) is 6.22. The van der Waals surface area contributed by atoms with Gasteiger partial charge in [-0.25, -0.2) is 13.6 Å². The van der Waals surface area contributed by atoms with Crippen LogP contribution >= 0.6 is 0 Å². The summed E-state index contributed by atoms with van der Waals surface area (Å²) in [4.78, 5) is 22.1. The fourth-order valence-corrected chi connectivity index (χ4v) is 3.35. The van der Waals surface area contributed by atoms with Crippen molar-refractivity contribution in [3.8, 4) is 0 Å². The number of amides is 1. The molecule has 1 heterocycles. The molecule has 26 heavy (non-hydrogen) atoms. The first-order chi connectivity index (χ1) is 12.2. The number of anilines is 1. The topological polar surface area (TPSA) is 156 Å². The van der Waals surface area contributed by atoms with Crippen molar-refractivity contribution >= 4 is 27.3 Å². The second-order valence-corrected chi connectivity index (χ2v) is 7.78. The lowest BCUT2D eigenvalue weighted by Gasteiger charge is -2.30. The van der Waals surface area contributed by atoms with E-state index in [9.17, 15) is 23.3 Å². The molecule has 2 rings (SSSR count). The molecule has 1 saturated heterocycles. The third-order valence-electron chi connectivity index (χ3n) is 4.27. The molecular weight excluding hydrogens is 362 g/mol. The molecule has 10 nitrogen and oxygen atoms in total. The van der Waals surface area contributed by atoms with Gasteiger partial charge in [0.05, 0.1) is 9.82 Å². The van der Waals surface area contributed by atoms with E-state index in [2.05, 4.69) is 16.0 Å². The number of nitrogens with two attached hydrogens (primary N) is 1. The number of benzene rings is 1. The Balaban J connectivity index is 1.94. The molecule has 2 unspecified atom stereocenters. The molecule has 1 aromatic rings. The van der Waals surface area contributed by atoms with Gasteiger partial charge in [0.1, 0.15) is 5.69 Å². The number of nitrogens with one attached hydrogen (secondary N) is 3. The number of nitro groups is 1. The summed E-state index contributed by atoms with van der Waals surface area (Å²) in [5, 5.41) is 25.2. The van der Waals surface area contributed by atoms with Gasteiger partial charge in [0, 0.05) is 31.1 Å². The number of nitrogens with zero attached hydrogens (tertiary/aromatic N) is 1. The highest BCUT2D eigenvalue weighted by molar-refractivity contribution is 7.89. The molecule has 0 saturated carbocycles. The Morgan fingerprint density at radius 2 is 2.19 bits per heavy atom. The highest BCUT2D eigenvalue weighted by atomic mass is 32.2. The maximum Gasteiger partial charge on any atom is 0.293 e. The summed E-state index contributed by atoms with van der Waals surface area (Å²) in [6.45, 7) is 3.13. The zero-order valence-electron chi connectivity index (χ0n) is 14.4. The van der Waals surface area contributed by atoms with Gasteiger partial charge < -0.3 is 16.0 Å². The second kappa shape index (κ2) is 8.43. The van der Waals surface area contributed by atoms with Crippen LogP contribution in [-0.4, -0.2) is 44.4 Å². The molecule has 144 valence electrons. The zero-order chi connectivity index (χ0) is 19.3. The monoisotopic (exact) mass is 385 g/mol.